The second kappa shape index (κ2) is 20.5. The summed E-state index contributed by atoms with van der Waals surface area (Å²) in [6, 6.07) is 1.03. The van der Waals surface area contributed by atoms with E-state index in [0.717, 1.165) is 11.1 Å². The number of fused-ring (bicyclic) bond motifs is 1. The minimum Gasteiger partial charge on any atom is -0.480 e. The van der Waals surface area contributed by atoms with Crippen LogP contribution in [0.15, 0.2) is 36.4 Å². The van der Waals surface area contributed by atoms with Crippen LogP contribution in [0.25, 0.3) is 0 Å². The lowest BCUT2D eigenvalue weighted by Crippen LogP contribution is -2.61. The highest BCUT2D eigenvalue weighted by Crippen LogP contribution is 2.25. The molecule has 0 fully saturated rings. The number of carboxylic acid groups (broad SMARTS) is 1. The molecule has 15 heteroatoms. The van der Waals surface area contributed by atoms with Gasteiger partial charge in [0.2, 0.25) is 29.5 Å². The molecule has 0 radical (unpaired) electrons. The van der Waals surface area contributed by atoms with Gasteiger partial charge < -0.3 is 48.5 Å². The Balaban J connectivity index is 1.98. The van der Waals surface area contributed by atoms with Gasteiger partial charge in [-0.3, -0.25) is 24.0 Å². The standard InChI is InChI=1S/C36H56N8O7/c1-22(2)19-29(36(50)51)43-34(48)30-20-23-11-3-4-12-24(23)21-44(30)35(49)28-16-6-5-13-25(39)31(45)40-26(14-7-9-17-37)32(46)41-27(33(47)42-28)15-8-10-18-38/h3-6,11-12,22,25-30H,7-10,13-21,37-39H2,1-2H3,(H,40,45)(H,41,46)(H,42,47)(H,43,48)(H,50,51)/b6-5+/t25-,26-,27-,28-,29-,30+/m0/s1. The molecule has 6 atom stereocenters. The van der Waals surface area contributed by atoms with E-state index in [1.165, 1.54) is 4.90 Å². The van der Waals surface area contributed by atoms with Gasteiger partial charge >= 0.3 is 5.97 Å². The fourth-order valence-electron chi connectivity index (χ4n) is 6.30. The van der Waals surface area contributed by atoms with Crippen molar-refractivity contribution in [1.29, 1.82) is 0 Å². The SMILES string of the molecule is CC(C)C[C@H](NC(=O)[C@H]1Cc2ccccc2CN1C(=O)[C@@H]1C/C=C/C[C@H](N)C(=O)N[C@@H](CCCCN)C(=O)N[C@@H](CCCCN)C(=O)N1)C(=O)O. The van der Waals surface area contributed by atoms with E-state index in [1.807, 2.05) is 38.1 Å². The minimum absolute atomic E-state index is 0.00167. The fraction of sp³-hybridized carbons (Fsp3) is 0.611. The maximum absolute atomic E-state index is 14.5. The van der Waals surface area contributed by atoms with Gasteiger partial charge in [-0.1, -0.05) is 50.3 Å². The maximum atomic E-state index is 14.5. The molecule has 3 rings (SSSR count). The number of nitrogens with two attached hydrogens (primary N) is 3. The fourth-order valence-corrected chi connectivity index (χ4v) is 6.30. The van der Waals surface area contributed by atoms with Gasteiger partial charge in [-0.25, -0.2) is 4.79 Å². The summed E-state index contributed by atoms with van der Waals surface area (Å²) in [5.41, 5.74) is 19.2. The average Bonchev–Trinajstić information content (AvgIpc) is 3.09. The number of nitrogens with one attached hydrogen (secondary N) is 4. The summed E-state index contributed by atoms with van der Waals surface area (Å²) >= 11 is 0. The van der Waals surface area contributed by atoms with Crippen molar-refractivity contribution in [2.75, 3.05) is 13.1 Å². The maximum Gasteiger partial charge on any atom is 0.326 e. The summed E-state index contributed by atoms with van der Waals surface area (Å²) in [7, 11) is 0. The first-order valence-electron chi connectivity index (χ1n) is 18.0. The van der Waals surface area contributed by atoms with E-state index in [4.69, 9.17) is 17.2 Å². The monoisotopic (exact) mass is 712 g/mol. The van der Waals surface area contributed by atoms with Crippen molar-refractivity contribution < 1.29 is 33.9 Å². The highest BCUT2D eigenvalue weighted by atomic mass is 16.4. The Morgan fingerprint density at radius 2 is 1.43 bits per heavy atom. The molecule has 1 aromatic carbocycles. The Morgan fingerprint density at radius 1 is 0.863 bits per heavy atom. The normalized spacial score (nSPS) is 24.3. The molecule has 2 aliphatic heterocycles. The number of unbranched alkanes of at least 4 members (excludes halogenated alkanes) is 2. The highest BCUT2D eigenvalue weighted by Gasteiger charge is 2.40. The van der Waals surface area contributed by atoms with E-state index in [-0.39, 0.29) is 51.0 Å². The minimum atomic E-state index is -1.18. The molecule has 2 heterocycles. The highest BCUT2D eigenvalue weighted by molar-refractivity contribution is 5.96. The third-order valence-corrected chi connectivity index (χ3v) is 9.20. The number of hydrogen-bond donors (Lipinski definition) is 8. The Labute approximate surface area is 299 Å². The molecule has 11 N–H and O–H groups in total. The van der Waals surface area contributed by atoms with Crippen LogP contribution in [0.5, 0.6) is 0 Å². The predicted molar refractivity (Wildman–Crippen MR) is 191 cm³/mol. The van der Waals surface area contributed by atoms with Crippen LogP contribution < -0.4 is 38.5 Å². The number of rotatable bonds is 14. The van der Waals surface area contributed by atoms with Gasteiger partial charge in [-0.2, -0.15) is 0 Å². The lowest BCUT2D eigenvalue weighted by atomic mass is 9.92. The second-order valence-electron chi connectivity index (χ2n) is 13.8. The summed E-state index contributed by atoms with van der Waals surface area (Å²) in [5, 5.41) is 20.8. The van der Waals surface area contributed by atoms with Crippen LogP contribution >= 0.6 is 0 Å². The van der Waals surface area contributed by atoms with E-state index in [1.54, 1.807) is 12.2 Å². The molecule has 0 bridgehead atoms. The van der Waals surface area contributed by atoms with Crippen molar-refractivity contribution >= 4 is 35.5 Å². The summed E-state index contributed by atoms with van der Waals surface area (Å²) in [6.07, 6.45) is 6.55. The first kappa shape index (κ1) is 41.1. The molecule has 0 spiro atoms. The first-order chi connectivity index (χ1) is 24.4. The van der Waals surface area contributed by atoms with Crippen LogP contribution in [0, 0.1) is 5.92 Å². The van der Waals surface area contributed by atoms with Gasteiger partial charge in [0.1, 0.15) is 30.2 Å². The first-order valence-corrected chi connectivity index (χ1v) is 18.0. The van der Waals surface area contributed by atoms with Crippen LogP contribution in [-0.4, -0.2) is 94.9 Å². The van der Waals surface area contributed by atoms with E-state index in [2.05, 4.69) is 21.3 Å². The number of nitrogens with zero attached hydrogens (tertiary/aromatic N) is 1. The van der Waals surface area contributed by atoms with Gasteiger partial charge in [0.25, 0.3) is 0 Å². The molecule has 5 amide bonds. The van der Waals surface area contributed by atoms with Crippen LogP contribution in [0.3, 0.4) is 0 Å². The Kier molecular flexibility index (Phi) is 16.5. The number of carboxylic acids is 1. The van der Waals surface area contributed by atoms with Gasteiger partial charge in [0, 0.05) is 13.0 Å². The number of benzene rings is 1. The zero-order chi connectivity index (χ0) is 37.5. The molecule has 15 nitrogen and oxygen atoms in total. The molecular weight excluding hydrogens is 656 g/mol. The van der Waals surface area contributed by atoms with Crippen molar-refractivity contribution in [2.24, 2.45) is 23.1 Å². The molecule has 51 heavy (non-hydrogen) atoms. The Hall–Kier alpha value is -4.34. The van der Waals surface area contributed by atoms with E-state index >= 15 is 0 Å². The van der Waals surface area contributed by atoms with E-state index in [9.17, 15) is 33.9 Å². The second-order valence-corrected chi connectivity index (χ2v) is 13.8. The number of carbonyl (C=O) groups excluding carboxylic acids is 5. The molecular formula is C36H56N8O7. The third kappa shape index (κ3) is 12.4. The molecule has 1 aromatic rings. The molecule has 2 aliphatic rings. The molecule has 282 valence electrons. The Morgan fingerprint density at radius 3 is 2.02 bits per heavy atom. The molecule has 0 unspecified atom stereocenters. The zero-order valence-electron chi connectivity index (χ0n) is 29.8. The topological polar surface area (TPSA) is 252 Å². The van der Waals surface area contributed by atoms with Gasteiger partial charge in [-0.05, 0) is 87.9 Å². The lowest BCUT2D eigenvalue weighted by molar-refractivity contribution is -0.147. The zero-order valence-corrected chi connectivity index (χ0v) is 29.8. The summed E-state index contributed by atoms with van der Waals surface area (Å²) < 4.78 is 0. The smallest absolute Gasteiger partial charge is 0.326 e. The summed E-state index contributed by atoms with van der Waals surface area (Å²) in [5.74, 6) is -4.05. The predicted octanol–water partition coefficient (Wildman–Crippen LogP) is -0.0549. The van der Waals surface area contributed by atoms with Crippen LogP contribution in [-0.2, 0) is 41.7 Å². The molecule has 0 aliphatic carbocycles. The number of aliphatic carboxylic acids is 1. The van der Waals surface area contributed by atoms with Crippen LogP contribution in [0.1, 0.15) is 82.8 Å². The van der Waals surface area contributed by atoms with E-state index < -0.39 is 71.8 Å². The van der Waals surface area contributed by atoms with E-state index in [0.29, 0.717) is 38.8 Å². The van der Waals surface area contributed by atoms with Crippen LogP contribution in [0.4, 0.5) is 0 Å². The number of carbonyl (C=O) groups is 6. The molecule has 0 saturated carbocycles. The van der Waals surface area contributed by atoms with Crippen molar-refractivity contribution in [2.45, 2.75) is 121 Å². The quantitative estimate of drug-likeness (QED) is 0.0943. The van der Waals surface area contributed by atoms with Gasteiger partial charge in [0.15, 0.2) is 0 Å². The average molecular weight is 713 g/mol. The van der Waals surface area contributed by atoms with Crippen molar-refractivity contribution in [3.63, 3.8) is 0 Å². The Bertz CT molecular complexity index is 1400. The summed E-state index contributed by atoms with van der Waals surface area (Å²) in [4.78, 5) is 82.1. The van der Waals surface area contributed by atoms with Crippen molar-refractivity contribution in [3.05, 3.63) is 47.5 Å². The molecule has 0 aromatic heterocycles. The van der Waals surface area contributed by atoms with Crippen molar-refractivity contribution in [1.82, 2.24) is 26.2 Å². The summed E-state index contributed by atoms with van der Waals surface area (Å²) in [6.45, 7) is 4.55. The van der Waals surface area contributed by atoms with Gasteiger partial charge in [0.05, 0.1) is 6.04 Å². The molecule has 0 saturated heterocycles. The third-order valence-electron chi connectivity index (χ3n) is 9.20. The van der Waals surface area contributed by atoms with Crippen LogP contribution in [0.2, 0.25) is 0 Å². The number of hydrogen-bond acceptors (Lipinski definition) is 9. The van der Waals surface area contributed by atoms with Crippen molar-refractivity contribution in [3.8, 4) is 0 Å². The van der Waals surface area contributed by atoms with Gasteiger partial charge in [-0.15, -0.1) is 0 Å². The lowest BCUT2D eigenvalue weighted by Gasteiger charge is -2.38. The number of amides is 5. The largest absolute Gasteiger partial charge is 0.480 e.